The van der Waals surface area contributed by atoms with Crippen LogP contribution in [0.15, 0.2) is 23.4 Å². The molecule has 26 heavy (non-hydrogen) atoms. The summed E-state index contributed by atoms with van der Waals surface area (Å²) in [4.78, 5) is 0. The van der Waals surface area contributed by atoms with Gasteiger partial charge in [-0.05, 0) is 60.0 Å². The van der Waals surface area contributed by atoms with Gasteiger partial charge in [0.1, 0.15) is 5.75 Å². The number of nitrogens with zero attached hydrogens (tertiary/aromatic N) is 1. The van der Waals surface area contributed by atoms with Crippen molar-refractivity contribution in [1.29, 1.82) is 0 Å². The average molecular weight is 396 g/mol. The highest BCUT2D eigenvalue weighted by Gasteiger charge is 2.40. The summed E-state index contributed by atoms with van der Waals surface area (Å²) in [7, 11) is -2.18. The summed E-state index contributed by atoms with van der Waals surface area (Å²) in [6.45, 7) is 22.1. The van der Waals surface area contributed by atoms with E-state index in [1.807, 2.05) is 18.2 Å². The molecule has 148 valence electrons. The van der Waals surface area contributed by atoms with Gasteiger partial charge in [0.25, 0.3) is 16.6 Å². The molecule has 0 radical (unpaired) electrons. The van der Waals surface area contributed by atoms with Crippen LogP contribution in [0.3, 0.4) is 0 Å². The van der Waals surface area contributed by atoms with Crippen LogP contribution in [0.1, 0.15) is 47.1 Å². The van der Waals surface area contributed by atoms with Gasteiger partial charge in [-0.25, -0.2) is 0 Å². The van der Waals surface area contributed by atoms with Crippen molar-refractivity contribution in [3.8, 4) is 11.5 Å². The third-order valence-electron chi connectivity index (χ3n) is 5.65. The van der Waals surface area contributed by atoms with Crippen molar-refractivity contribution in [3.63, 3.8) is 0 Å². The van der Waals surface area contributed by atoms with Gasteiger partial charge < -0.3 is 13.7 Å². The minimum absolute atomic E-state index is 0.119. The molecule has 0 atom stereocenters. The molecule has 4 nitrogen and oxygen atoms in total. The van der Waals surface area contributed by atoms with Crippen molar-refractivity contribution in [2.75, 3.05) is 7.11 Å². The Morgan fingerprint density at radius 2 is 1.38 bits per heavy atom. The van der Waals surface area contributed by atoms with E-state index in [4.69, 9.17) is 13.7 Å². The lowest BCUT2D eigenvalue weighted by molar-refractivity contribution is 0.310. The molecule has 0 aliphatic rings. The lowest BCUT2D eigenvalue weighted by Gasteiger charge is -2.36. The van der Waals surface area contributed by atoms with Crippen LogP contribution in [0.5, 0.6) is 11.5 Å². The van der Waals surface area contributed by atoms with Gasteiger partial charge in [-0.1, -0.05) is 41.5 Å². The molecule has 0 saturated heterocycles. The first kappa shape index (κ1) is 22.8. The lowest BCUT2D eigenvalue weighted by Crippen LogP contribution is -2.43. The zero-order valence-electron chi connectivity index (χ0n) is 18.5. The molecule has 0 bridgehead atoms. The molecule has 0 N–H and O–H groups in total. The highest BCUT2D eigenvalue weighted by Crippen LogP contribution is 2.40. The fourth-order valence-corrected chi connectivity index (χ4v) is 3.24. The SMILES string of the molecule is COc1ccc(C=NO[Si](C)(C)C(C)(C)C)cc1O[Si](C)(C)C(C)(C)C. The van der Waals surface area contributed by atoms with Gasteiger partial charge in [0.2, 0.25) is 0 Å². The molecule has 0 aliphatic carbocycles. The fraction of sp³-hybridized carbons (Fsp3) is 0.650. The molecule has 0 saturated carbocycles. The molecule has 0 amide bonds. The monoisotopic (exact) mass is 395 g/mol. The average Bonchev–Trinajstić information content (AvgIpc) is 2.44. The summed E-state index contributed by atoms with van der Waals surface area (Å²) in [5.41, 5.74) is 0.943. The normalized spacial score (nSPS) is 13.8. The Bertz CT molecular complexity index is 641. The van der Waals surface area contributed by atoms with E-state index in [9.17, 15) is 0 Å². The summed E-state index contributed by atoms with van der Waals surface area (Å²) in [6, 6.07) is 5.88. The first-order valence-electron chi connectivity index (χ1n) is 9.19. The fourth-order valence-electron chi connectivity index (χ4n) is 1.64. The Morgan fingerprint density at radius 3 is 1.85 bits per heavy atom. The Labute approximate surface area is 162 Å². The molecule has 0 spiro atoms. The quantitative estimate of drug-likeness (QED) is 0.316. The van der Waals surface area contributed by atoms with Crippen LogP contribution >= 0.6 is 0 Å². The van der Waals surface area contributed by atoms with Crippen molar-refractivity contribution >= 4 is 22.8 Å². The van der Waals surface area contributed by atoms with Crippen LogP contribution in [0, 0.1) is 0 Å². The van der Waals surface area contributed by atoms with Gasteiger partial charge in [-0.2, -0.15) is 0 Å². The van der Waals surface area contributed by atoms with Gasteiger partial charge in [0.05, 0.1) is 13.3 Å². The summed E-state index contributed by atoms with van der Waals surface area (Å²) in [6.07, 6.45) is 1.76. The second-order valence-electron chi connectivity index (χ2n) is 9.86. The summed E-state index contributed by atoms with van der Waals surface area (Å²) in [5, 5.41) is 4.52. The zero-order valence-corrected chi connectivity index (χ0v) is 20.5. The summed E-state index contributed by atoms with van der Waals surface area (Å²) < 4.78 is 17.8. The number of hydrogen-bond acceptors (Lipinski definition) is 4. The maximum absolute atomic E-state index is 6.45. The predicted octanol–water partition coefficient (Wildman–Crippen LogP) is 6.43. The highest BCUT2D eigenvalue weighted by atomic mass is 28.4. The summed E-state index contributed by atoms with van der Waals surface area (Å²) in [5.74, 6) is 1.52. The first-order chi connectivity index (χ1) is 11.6. The molecule has 6 heteroatoms. The van der Waals surface area contributed by atoms with E-state index in [-0.39, 0.29) is 10.1 Å². The number of ether oxygens (including phenoxy) is 1. The van der Waals surface area contributed by atoms with Crippen molar-refractivity contribution in [2.45, 2.75) is 77.8 Å². The van der Waals surface area contributed by atoms with Crippen molar-refractivity contribution in [2.24, 2.45) is 5.16 Å². The largest absolute Gasteiger partial charge is 0.541 e. The van der Waals surface area contributed by atoms with Gasteiger partial charge in [0, 0.05) is 0 Å². The smallest absolute Gasteiger partial charge is 0.286 e. The van der Waals surface area contributed by atoms with Crippen molar-refractivity contribution < 1.29 is 13.7 Å². The van der Waals surface area contributed by atoms with Crippen LogP contribution < -0.4 is 9.16 Å². The number of benzene rings is 1. The van der Waals surface area contributed by atoms with E-state index < -0.39 is 16.6 Å². The third-order valence-corrected chi connectivity index (χ3v) is 14.2. The Balaban J connectivity index is 3.05. The Kier molecular flexibility index (Phi) is 6.80. The topological polar surface area (TPSA) is 40.0 Å². The number of hydrogen-bond donors (Lipinski definition) is 0. The van der Waals surface area contributed by atoms with E-state index in [0.717, 1.165) is 17.1 Å². The maximum atomic E-state index is 6.45. The molecule has 0 heterocycles. The molecule has 0 aromatic heterocycles. The third kappa shape index (κ3) is 5.61. The molecule has 1 aromatic carbocycles. The maximum Gasteiger partial charge on any atom is 0.286 e. The Hall–Kier alpha value is -1.28. The van der Waals surface area contributed by atoms with Crippen LogP contribution in [-0.2, 0) is 4.53 Å². The van der Waals surface area contributed by atoms with Gasteiger partial charge in [0.15, 0.2) is 5.75 Å². The Morgan fingerprint density at radius 1 is 0.846 bits per heavy atom. The van der Waals surface area contributed by atoms with Gasteiger partial charge in [-0.3, -0.25) is 0 Å². The molecule has 1 rings (SSSR count). The van der Waals surface area contributed by atoms with Gasteiger partial charge >= 0.3 is 0 Å². The number of oxime groups is 1. The van der Waals surface area contributed by atoms with Crippen molar-refractivity contribution in [3.05, 3.63) is 23.8 Å². The van der Waals surface area contributed by atoms with Gasteiger partial charge in [-0.15, -0.1) is 5.16 Å². The minimum Gasteiger partial charge on any atom is -0.541 e. The first-order valence-corrected chi connectivity index (χ1v) is 15.0. The minimum atomic E-state index is -1.95. The molecule has 1 aromatic rings. The summed E-state index contributed by atoms with van der Waals surface area (Å²) >= 11 is 0. The van der Waals surface area contributed by atoms with Crippen LogP contribution in [-0.4, -0.2) is 30.0 Å². The lowest BCUT2D eigenvalue weighted by atomic mass is 10.2. The van der Waals surface area contributed by atoms with Crippen LogP contribution in [0.25, 0.3) is 0 Å². The van der Waals surface area contributed by atoms with E-state index in [2.05, 4.69) is 72.9 Å². The second kappa shape index (κ2) is 7.76. The van der Waals surface area contributed by atoms with Crippen LogP contribution in [0.2, 0.25) is 36.3 Å². The number of methoxy groups -OCH3 is 1. The number of rotatable bonds is 6. The molecule has 0 unspecified atom stereocenters. The molecular formula is C20H37NO3Si2. The second-order valence-corrected chi connectivity index (χ2v) is 19.3. The van der Waals surface area contributed by atoms with E-state index in [1.165, 1.54) is 0 Å². The molecular weight excluding hydrogens is 358 g/mol. The molecule has 0 aliphatic heterocycles. The predicted molar refractivity (Wildman–Crippen MR) is 117 cm³/mol. The highest BCUT2D eigenvalue weighted by molar-refractivity contribution is 6.75. The standard InChI is InChI=1S/C20H37NO3Si2/c1-19(2,3)25(8,9)23-18-14-16(12-13-17(18)22-7)15-21-24-26(10,11)20(4,5)6/h12-15H,1-11H3. The van der Waals surface area contributed by atoms with E-state index >= 15 is 0 Å². The van der Waals surface area contributed by atoms with Crippen LogP contribution in [0.4, 0.5) is 0 Å². The zero-order chi connectivity index (χ0) is 20.4. The van der Waals surface area contributed by atoms with Crippen molar-refractivity contribution in [1.82, 2.24) is 0 Å². The van der Waals surface area contributed by atoms with E-state index in [0.29, 0.717) is 0 Å². The van der Waals surface area contributed by atoms with E-state index in [1.54, 1.807) is 13.3 Å². The molecule has 0 fully saturated rings.